The van der Waals surface area contributed by atoms with Crippen LogP contribution in [0.15, 0.2) is 18.2 Å². The summed E-state index contributed by atoms with van der Waals surface area (Å²) in [5, 5.41) is 11.9. The van der Waals surface area contributed by atoms with E-state index in [-0.39, 0.29) is 11.4 Å². The van der Waals surface area contributed by atoms with Crippen LogP contribution in [0.2, 0.25) is 0 Å². The van der Waals surface area contributed by atoms with Gasteiger partial charge in [-0.1, -0.05) is 22.9 Å². The molecule has 19 heavy (non-hydrogen) atoms. The number of alkyl halides is 1. The highest BCUT2D eigenvalue weighted by Crippen LogP contribution is 2.31. The topological polar surface area (TPSA) is 61.6 Å². The molecule has 0 amide bonds. The van der Waals surface area contributed by atoms with Crippen molar-refractivity contribution in [1.29, 1.82) is 0 Å². The molecule has 5 nitrogen and oxygen atoms in total. The van der Waals surface area contributed by atoms with E-state index in [2.05, 4.69) is 22.9 Å². The van der Waals surface area contributed by atoms with Gasteiger partial charge in [0, 0.05) is 5.33 Å². The Bertz CT molecular complexity index is 425. The van der Waals surface area contributed by atoms with Gasteiger partial charge in [-0.2, -0.15) is 0 Å². The summed E-state index contributed by atoms with van der Waals surface area (Å²) in [4.78, 5) is 10.5. The first-order chi connectivity index (χ1) is 9.08. The zero-order valence-electron chi connectivity index (χ0n) is 11.1. The number of hydrogen-bond acceptors (Lipinski definition) is 4. The zero-order chi connectivity index (χ0) is 14.3. The first kappa shape index (κ1) is 15.8. The third kappa shape index (κ3) is 5.06. The van der Waals surface area contributed by atoms with Crippen LogP contribution in [0.25, 0.3) is 0 Å². The lowest BCUT2D eigenvalue weighted by Crippen LogP contribution is -2.06. The van der Waals surface area contributed by atoms with Gasteiger partial charge >= 0.3 is 5.69 Å². The summed E-state index contributed by atoms with van der Waals surface area (Å²) in [5.41, 5.74) is -0.0625. The number of halogens is 1. The van der Waals surface area contributed by atoms with Crippen molar-refractivity contribution in [2.45, 2.75) is 19.8 Å². The van der Waals surface area contributed by atoms with Crippen LogP contribution < -0.4 is 9.47 Å². The van der Waals surface area contributed by atoms with Crippen LogP contribution in [0.5, 0.6) is 11.5 Å². The Morgan fingerprint density at radius 2 is 2.16 bits per heavy atom. The molecule has 0 spiro atoms. The third-order valence-corrected chi connectivity index (χ3v) is 3.29. The van der Waals surface area contributed by atoms with Crippen molar-refractivity contribution in [2.24, 2.45) is 5.92 Å². The molecule has 0 fully saturated rings. The van der Waals surface area contributed by atoms with Crippen molar-refractivity contribution in [3.63, 3.8) is 0 Å². The first-order valence-corrected chi connectivity index (χ1v) is 7.21. The Balaban J connectivity index is 2.64. The lowest BCUT2D eigenvalue weighted by atomic mass is 10.1. The van der Waals surface area contributed by atoms with E-state index in [0.717, 1.165) is 18.2 Å². The number of methoxy groups -OCH3 is 1. The minimum Gasteiger partial charge on any atom is -0.496 e. The molecule has 1 atom stereocenters. The highest BCUT2D eigenvalue weighted by atomic mass is 79.9. The van der Waals surface area contributed by atoms with E-state index >= 15 is 0 Å². The number of ether oxygens (including phenoxy) is 2. The quantitative estimate of drug-likeness (QED) is 0.413. The summed E-state index contributed by atoms with van der Waals surface area (Å²) >= 11 is 3.39. The number of hydrogen-bond donors (Lipinski definition) is 0. The lowest BCUT2D eigenvalue weighted by molar-refractivity contribution is -0.385. The summed E-state index contributed by atoms with van der Waals surface area (Å²) < 4.78 is 10.5. The Kier molecular flexibility index (Phi) is 6.62. The van der Waals surface area contributed by atoms with Gasteiger partial charge in [-0.05, 0) is 30.9 Å². The fourth-order valence-corrected chi connectivity index (χ4v) is 2.37. The predicted molar refractivity (Wildman–Crippen MR) is 77.3 cm³/mol. The Morgan fingerprint density at radius 1 is 1.42 bits per heavy atom. The molecule has 0 radical (unpaired) electrons. The standard InChI is InChI=1S/C13H18BrNO4/c1-10(5-7-14)6-8-19-13-4-3-11(18-2)9-12(13)15(16)17/h3-4,9-10H,5-8H2,1-2H3. The van der Waals surface area contributed by atoms with E-state index in [1.54, 1.807) is 12.1 Å². The second kappa shape index (κ2) is 7.99. The summed E-state index contributed by atoms with van der Waals surface area (Å²) in [6.45, 7) is 2.61. The van der Waals surface area contributed by atoms with Gasteiger partial charge in [0.15, 0.2) is 5.75 Å². The smallest absolute Gasteiger partial charge is 0.314 e. The first-order valence-electron chi connectivity index (χ1n) is 6.09. The normalized spacial score (nSPS) is 11.9. The van der Waals surface area contributed by atoms with Gasteiger partial charge in [-0.3, -0.25) is 10.1 Å². The molecule has 0 N–H and O–H groups in total. The van der Waals surface area contributed by atoms with Crippen LogP contribution in [0.1, 0.15) is 19.8 Å². The van der Waals surface area contributed by atoms with Crippen LogP contribution in [-0.4, -0.2) is 24.0 Å². The van der Waals surface area contributed by atoms with Crippen LogP contribution in [0.4, 0.5) is 5.69 Å². The van der Waals surface area contributed by atoms with Crippen molar-refractivity contribution >= 4 is 21.6 Å². The largest absolute Gasteiger partial charge is 0.496 e. The van der Waals surface area contributed by atoms with E-state index in [1.165, 1.54) is 13.2 Å². The second-order valence-electron chi connectivity index (χ2n) is 4.31. The van der Waals surface area contributed by atoms with Crippen LogP contribution in [-0.2, 0) is 0 Å². The summed E-state index contributed by atoms with van der Waals surface area (Å²) in [6, 6.07) is 4.60. The fraction of sp³-hybridized carbons (Fsp3) is 0.538. The van der Waals surface area contributed by atoms with Crippen LogP contribution in [0.3, 0.4) is 0 Å². The number of nitro benzene ring substituents is 1. The molecule has 1 aromatic carbocycles. The van der Waals surface area contributed by atoms with E-state index in [0.29, 0.717) is 18.3 Å². The molecule has 0 aliphatic heterocycles. The molecular weight excluding hydrogens is 314 g/mol. The summed E-state index contributed by atoms with van der Waals surface area (Å²) in [6.07, 6.45) is 1.93. The maximum atomic E-state index is 11.0. The fourth-order valence-electron chi connectivity index (χ4n) is 1.59. The van der Waals surface area contributed by atoms with Crippen molar-refractivity contribution in [3.8, 4) is 11.5 Å². The molecule has 0 saturated heterocycles. The molecule has 1 unspecified atom stereocenters. The van der Waals surface area contributed by atoms with E-state index in [9.17, 15) is 10.1 Å². The summed E-state index contributed by atoms with van der Waals surface area (Å²) in [7, 11) is 1.47. The highest BCUT2D eigenvalue weighted by molar-refractivity contribution is 9.09. The summed E-state index contributed by atoms with van der Waals surface area (Å²) in [5.74, 6) is 1.26. The van der Waals surface area contributed by atoms with Crippen molar-refractivity contribution in [3.05, 3.63) is 28.3 Å². The monoisotopic (exact) mass is 331 g/mol. The van der Waals surface area contributed by atoms with Crippen LogP contribution in [0, 0.1) is 16.0 Å². The molecule has 0 aromatic heterocycles. The van der Waals surface area contributed by atoms with E-state index < -0.39 is 4.92 Å². The van der Waals surface area contributed by atoms with E-state index in [1.807, 2.05) is 0 Å². The van der Waals surface area contributed by atoms with Crippen molar-refractivity contribution in [1.82, 2.24) is 0 Å². The average molecular weight is 332 g/mol. The molecule has 0 aliphatic rings. The second-order valence-corrected chi connectivity index (χ2v) is 5.10. The van der Waals surface area contributed by atoms with Gasteiger partial charge in [-0.15, -0.1) is 0 Å². The van der Waals surface area contributed by atoms with Gasteiger partial charge < -0.3 is 9.47 Å². The van der Waals surface area contributed by atoms with Gasteiger partial charge in [-0.25, -0.2) is 0 Å². The minimum absolute atomic E-state index is 0.0625. The van der Waals surface area contributed by atoms with Crippen molar-refractivity contribution in [2.75, 3.05) is 19.0 Å². The van der Waals surface area contributed by atoms with Crippen molar-refractivity contribution < 1.29 is 14.4 Å². The SMILES string of the molecule is COc1ccc(OCCC(C)CCBr)c([N+](=O)[O-])c1. The molecule has 6 heteroatoms. The van der Waals surface area contributed by atoms with Crippen LogP contribution >= 0.6 is 15.9 Å². The zero-order valence-corrected chi connectivity index (χ0v) is 12.7. The molecular formula is C13H18BrNO4. The average Bonchev–Trinajstić information content (AvgIpc) is 2.39. The molecule has 106 valence electrons. The number of rotatable bonds is 8. The van der Waals surface area contributed by atoms with Gasteiger partial charge in [0.05, 0.1) is 24.7 Å². The molecule has 0 heterocycles. The Labute approximate surface area is 121 Å². The number of benzene rings is 1. The van der Waals surface area contributed by atoms with E-state index in [4.69, 9.17) is 9.47 Å². The minimum atomic E-state index is -0.459. The Morgan fingerprint density at radius 3 is 2.74 bits per heavy atom. The molecule has 1 rings (SSSR count). The van der Waals surface area contributed by atoms with Gasteiger partial charge in [0.1, 0.15) is 5.75 Å². The highest BCUT2D eigenvalue weighted by Gasteiger charge is 2.16. The maximum Gasteiger partial charge on any atom is 0.314 e. The van der Waals surface area contributed by atoms with Gasteiger partial charge in [0.25, 0.3) is 0 Å². The molecule has 0 saturated carbocycles. The van der Waals surface area contributed by atoms with Gasteiger partial charge in [0.2, 0.25) is 0 Å². The lowest BCUT2D eigenvalue weighted by Gasteiger charge is -2.11. The third-order valence-electron chi connectivity index (χ3n) is 2.83. The maximum absolute atomic E-state index is 11.0. The predicted octanol–water partition coefficient (Wildman–Crippen LogP) is 3.79. The Hall–Kier alpha value is -1.30. The molecule has 0 aliphatic carbocycles. The number of nitrogens with zero attached hydrogens (tertiary/aromatic N) is 1. The molecule has 0 bridgehead atoms. The number of nitro groups is 1. The molecule has 1 aromatic rings.